The molecule has 0 saturated carbocycles. The van der Waals surface area contributed by atoms with Crippen LogP contribution in [0.15, 0.2) is 30.0 Å². The lowest BCUT2D eigenvalue weighted by Crippen LogP contribution is -2.33. The van der Waals surface area contributed by atoms with Crippen molar-refractivity contribution in [2.45, 2.75) is 44.4 Å². The fourth-order valence-electron chi connectivity index (χ4n) is 2.75. The van der Waals surface area contributed by atoms with E-state index < -0.39 is 5.97 Å². The van der Waals surface area contributed by atoms with Crippen LogP contribution in [0.5, 0.6) is 0 Å². The van der Waals surface area contributed by atoms with Gasteiger partial charge in [-0.3, -0.25) is 9.59 Å². The van der Waals surface area contributed by atoms with Gasteiger partial charge in [-0.25, -0.2) is 9.78 Å². The maximum Gasteiger partial charge on any atom is 0.339 e. The molecule has 0 fully saturated rings. The monoisotopic (exact) mass is 391 g/mol. The Morgan fingerprint density at radius 2 is 2.07 bits per heavy atom. The number of methoxy groups -OCH3 is 1. The van der Waals surface area contributed by atoms with Gasteiger partial charge in [0.25, 0.3) is 0 Å². The summed E-state index contributed by atoms with van der Waals surface area (Å²) in [5, 5.41) is 5.43. The number of amides is 2. The third-order valence-electron chi connectivity index (χ3n) is 4.08. The maximum atomic E-state index is 12.2. The number of hydrogen-bond acceptors (Lipinski definition) is 6. The van der Waals surface area contributed by atoms with Crippen molar-refractivity contribution in [3.05, 3.63) is 35.5 Å². The minimum atomic E-state index is -0.481. The number of aromatic nitrogens is 1. The van der Waals surface area contributed by atoms with E-state index in [1.54, 1.807) is 6.07 Å². The van der Waals surface area contributed by atoms with Gasteiger partial charge in [0.05, 0.1) is 23.8 Å². The van der Waals surface area contributed by atoms with E-state index in [-0.39, 0.29) is 22.9 Å². The van der Waals surface area contributed by atoms with Crippen molar-refractivity contribution in [2.75, 3.05) is 18.2 Å². The minimum absolute atomic E-state index is 0.113. The first-order valence-corrected chi connectivity index (χ1v) is 9.96. The van der Waals surface area contributed by atoms with E-state index in [9.17, 15) is 14.4 Å². The fraction of sp³-hybridized carbons (Fsp3) is 0.474. The first kappa shape index (κ1) is 21.0. The van der Waals surface area contributed by atoms with E-state index in [2.05, 4.69) is 26.4 Å². The molecule has 8 heteroatoms. The lowest BCUT2D eigenvalue weighted by Gasteiger charge is -2.20. The van der Waals surface area contributed by atoms with E-state index in [4.69, 9.17) is 0 Å². The van der Waals surface area contributed by atoms with Gasteiger partial charge in [-0.05, 0) is 43.4 Å². The molecule has 2 rings (SSSR count). The van der Waals surface area contributed by atoms with Crippen molar-refractivity contribution in [2.24, 2.45) is 0 Å². The quantitative estimate of drug-likeness (QED) is 0.421. The molecular weight excluding hydrogens is 366 g/mol. The van der Waals surface area contributed by atoms with Crippen molar-refractivity contribution in [1.29, 1.82) is 0 Å². The molecule has 0 saturated heterocycles. The van der Waals surface area contributed by atoms with Crippen molar-refractivity contribution in [3.63, 3.8) is 0 Å². The Morgan fingerprint density at radius 3 is 2.74 bits per heavy atom. The molecule has 0 aliphatic heterocycles. The van der Waals surface area contributed by atoms with Crippen LogP contribution in [0.25, 0.3) is 0 Å². The predicted octanol–water partition coefficient (Wildman–Crippen LogP) is 2.89. The van der Waals surface area contributed by atoms with Crippen LogP contribution in [0.2, 0.25) is 0 Å². The summed E-state index contributed by atoms with van der Waals surface area (Å²) in [4.78, 5) is 39.2. The largest absolute Gasteiger partial charge is 0.465 e. The Bertz CT molecular complexity index is 703. The van der Waals surface area contributed by atoms with Gasteiger partial charge in [-0.2, -0.15) is 0 Å². The lowest BCUT2D eigenvalue weighted by molar-refractivity contribution is -0.119. The summed E-state index contributed by atoms with van der Waals surface area (Å²) >= 11 is 1.39. The van der Waals surface area contributed by atoms with Crippen molar-refractivity contribution in [3.8, 4) is 0 Å². The fourth-order valence-corrected chi connectivity index (χ4v) is 3.82. The molecule has 1 aliphatic rings. The van der Waals surface area contributed by atoms with Crippen LogP contribution in [-0.2, 0) is 14.3 Å². The molecule has 1 heterocycles. The van der Waals surface area contributed by atoms with Gasteiger partial charge in [0, 0.05) is 13.1 Å². The molecule has 2 N–H and O–H groups in total. The van der Waals surface area contributed by atoms with E-state index in [0.29, 0.717) is 11.4 Å². The zero-order chi connectivity index (χ0) is 19.6. The van der Waals surface area contributed by atoms with Crippen LogP contribution >= 0.6 is 11.8 Å². The highest BCUT2D eigenvalue weighted by Crippen LogP contribution is 2.26. The molecule has 1 atom stereocenters. The number of hydrogen-bond donors (Lipinski definition) is 2. The van der Waals surface area contributed by atoms with Gasteiger partial charge >= 0.3 is 5.97 Å². The third kappa shape index (κ3) is 7.05. The molecule has 0 aromatic carbocycles. The summed E-state index contributed by atoms with van der Waals surface area (Å²) < 4.78 is 4.61. The van der Waals surface area contributed by atoms with Crippen LogP contribution in [0.1, 0.15) is 49.4 Å². The summed E-state index contributed by atoms with van der Waals surface area (Å²) in [6, 6.07) is 3.09. The van der Waals surface area contributed by atoms with Crippen molar-refractivity contribution >= 4 is 35.4 Å². The second-order valence-corrected chi connectivity index (χ2v) is 7.34. The number of pyridine rings is 1. The molecule has 146 valence electrons. The smallest absolute Gasteiger partial charge is 0.339 e. The number of nitrogens with one attached hydrogen (secondary N) is 2. The summed E-state index contributed by atoms with van der Waals surface area (Å²) in [7, 11) is 1.30. The maximum absolute atomic E-state index is 12.2. The average molecular weight is 391 g/mol. The van der Waals surface area contributed by atoms with Crippen LogP contribution in [-0.4, -0.2) is 41.0 Å². The Hall–Kier alpha value is -2.35. The van der Waals surface area contributed by atoms with Gasteiger partial charge in [0.2, 0.25) is 11.8 Å². The Morgan fingerprint density at radius 1 is 1.26 bits per heavy atom. The summed E-state index contributed by atoms with van der Waals surface area (Å²) in [6.07, 6.45) is 8.94. The lowest BCUT2D eigenvalue weighted by atomic mass is 10.1. The number of ether oxygens (including phenoxy) is 1. The molecule has 1 aliphatic carbocycles. The number of esters is 1. The van der Waals surface area contributed by atoms with Gasteiger partial charge in [0.1, 0.15) is 5.82 Å². The highest BCUT2D eigenvalue weighted by molar-refractivity contribution is 8.00. The van der Waals surface area contributed by atoms with Gasteiger partial charge < -0.3 is 15.4 Å². The van der Waals surface area contributed by atoms with E-state index >= 15 is 0 Å². The zero-order valence-electron chi connectivity index (χ0n) is 15.6. The SMILES string of the molecule is COC(=O)c1ccc(NC(=O)CSC(NC(C)=O)C2=CCCCCC2)nc1. The number of nitrogens with zero attached hydrogens (tertiary/aromatic N) is 1. The second-order valence-electron chi connectivity index (χ2n) is 6.24. The Labute approximate surface area is 163 Å². The number of carbonyl (C=O) groups is 3. The molecule has 2 amide bonds. The average Bonchev–Trinajstić information content (AvgIpc) is 2.94. The van der Waals surface area contributed by atoms with E-state index in [0.717, 1.165) is 25.7 Å². The molecule has 1 aromatic rings. The molecular formula is C19H25N3O4S. The highest BCUT2D eigenvalue weighted by atomic mass is 32.2. The second kappa shape index (κ2) is 10.7. The first-order valence-electron chi connectivity index (χ1n) is 8.91. The van der Waals surface area contributed by atoms with Crippen LogP contribution in [0.3, 0.4) is 0 Å². The van der Waals surface area contributed by atoms with Crippen LogP contribution in [0, 0.1) is 0 Å². The highest BCUT2D eigenvalue weighted by Gasteiger charge is 2.19. The number of rotatable bonds is 7. The topological polar surface area (TPSA) is 97.4 Å². The van der Waals surface area contributed by atoms with Crippen LogP contribution < -0.4 is 10.6 Å². The molecule has 0 radical (unpaired) electrons. The third-order valence-corrected chi connectivity index (χ3v) is 5.26. The minimum Gasteiger partial charge on any atom is -0.465 e. The summed E-state index contributed by atoms with van der Waals surface area (Å²) in [5.74, 6) is -0.271. The Balaban J connectivity index is 1.91. The van der Waals surface area contributed by atoms with Gasteiger partial charge in [0.15, 0.2) is 0 Å². The number of anilines is 1. The summed E-state index contributed by atoms with van der Waals surface area (Å²) in [5.41, 5.74) is 1.50. The molecule has 7 nitrogen and oxygen atoms in total. The predicted molar refractivity (Wildman–Crippen MR) is 105 cm³/mol. The van der Waals surface area contributed by atoms with E-state index in [1.807, 2.05) is 0 Å². The van der Waals surface area contributed by atoms with Gasteiger partial charge in [-0.1, -0.05) is 12.5 Å². The molecule has 0 bridgehead atoms. The standard InChI is InChI=1S/C19H25N3O4S/c1-13(23)21-18(14-7-5-3-4-6-8-14)27-12-17(24)22-16-10-9-15(11-20-16)19(25)26-2/h7,9-11,18H,3-6,8,12H2,1-2H3,(H,21,23)(H,20,22,24). The molecule has 0 spiro atoms. The summed E-state index contributed by atoms with van der Waals surface area (Å²) in [6.45, 7) is 1.48. The Kier molecular flexibility index (Phi) is 8.32. The molecule has 1 unspecified atom stereocenters. The molecule has 27 heavy (non-hydrogen) atoms. The zero-order valence-corrected chi connectivity index (χ0v) is 16.4. The molecule has 1 aromatic heterocycles. The van der Waals surface area contributed by atoms with Crippen molar-refractivity contribution in [1.82, 2.24) is 10.3 Å². The van der Waals surface area contributed by atoms with Crippen LogP contribution in [0.4, 0.5) is 5.82 Å². The number of allylic oxidation sites excluding steroid dienone is 1. The van der Waals surface area contributed by atoms with Crippen molar-refractivity contribution < 1.29 is 19.1 Å². The number of thioether (sulfide) groups is 1. The number of carbonyl (C=O) groups excluding carboxylic acids is 3. The normalized spacial score (nSPS) is 15.1. The van der Waals surface area contributed by atoms with Gasteiger partial charge in [-0.15, -0.1) is 11.8 Å². The first-order chi connectivity index (χ1) is 13.0. The van der Waals surface area contributed by atoms with E-state index in [1.165, 1.54) is 50.1 Å².